The molecule has 2 aliphatic carbocycles. The second-order valence-electron chi connectivity index (χ2n) is 13.9. The summed E-state index contributed by atoms with van der Waals surface area (Å²) in [5.74, 6) is 4.48. The highest BCUT2D eigenvalue weighted by Gasteiger charge is 2.32. The van der Waals surface area contributed by atoms with Crippen molar-refractivity contribution in [3.63, 3.8) is 0 Å². The molecule has 2 fully saturated rings. The summed E-state index contributed by atoms with van der Waals surface area (Å²) < 4.78 is 14.7. The van der Waals surface area contributed by atoms with E-state index in [1.165, 1.54) is 0 Å². The zero-order chi connectivity index (χ0) is 36.7. The van der Waals surface area contributed by atoms with Gasteiger partial charge in [-0.1, -0.05) is 18.9 Å². The number of nitrogens with zero attached hydrogens (tertiary/aromatic N) is 6. The first-order valence-electron chi connectivity index (χ1n) is 18.6. The molecule has 4 unspecified atom stereocenters. The number of anilines is 4. The molecule has 0 amide bonds. The van der Waals surface area contributed by atoms with Gasteiger partial charge in [0.1, 0.15) is 29.2 Å². The summed E-state index contributed by atoms with van der Waals surface area (Å²) >= 11 is 0. The van der Waals surface area contributed by atoms with Crippen LogP contribution in [0.4, 0.5) is 23.0 Å². The van der Waals surface area contributed by atoms with Crippen LogP contribution in [0.3, 0.4) is 0 Å². The van der Waals surface area contributed by atoms with Crippen LogP contribution in [-0.2, 0) is 0 Å². The molecular formula is C42H43N8O4+. The van der Waals surface area contributed by atoms with Crippen LogP contribution in [0, 0.1) is 0 Å². The molecule has 54 heavy (non-hydrogen) atoms. The highest BCUT2D eigenvalue weighted by molar-refractivity contribution is 5.58. The Hall–Kier alpha value is -5.98. The second-order valence-corrected chi connectivity index (χ2v) is 13.9. The van der Waals surface area contributed by atoms with Crippen LogP contribution in [-0.4, -0.2) is 47.3 Å². The maximum atomic E-state index is 10.7. The van der Waals surface area contributed by atoms with Crippen molar-refractivity contribution in [1.29, 1.82) is 0 Å². The molecule has 0 radical (unpaired) electrons. The quantitative estimate of drug-likeness (QED) is 0.0962. The van der Waals surface area contributed by atoms with Crippen molar-refractivity contribution in [2.75, 3.05) is 10.6 Å². The molecule has 6 aromatic rings. The van der Waals surface area contributed by atoms with Crippen molar-refractivity contribution in [2.45, 2.75) is 75.4 Å². The van der Waals surface area contributed by atoms with Crippen molar-refractivity contribution < 1.29 is 24.3 Å². The molecule has 4 N–H and O–H groups in total. The molecule has 274 valence electrons. The van der Waals surface area contributed by atoms with Gasteiger partial charge in [0.05, 0.1) is 18.4 Å². The summed E-state index contributed by atoms with van der Waals surface area (Å²) in [5, 5.41) is 27.6. The van der Waals surface area contributed by atoms with Gasteiger partial charge in [-0.25, -0.2) is 15.0 Å². The van der Waals surface area contributed by atoms with Crippen LogP contribution in [0.15, 0.2) is 116 Å². The highest BCUT2D eigenvalue weighted by Crippen LogP contribution is 2.38. The van der Waals surface area contributed by atoms with E-state index >= 15 is 0 Å². The van der Waals surface area contributed by atoms with Gasteiger partial charge in [0.15, 0.2) is 5.69 Å². The third kappa shape index (κ3) is 8.46. The molecule has 0 spiro atoms. The Balaban J connectivity index is 1.01. The van der Waals surface area contributed by atoms with E-state index in [0.29, 0.717) is 47.7 Å². The predicted octanol–water partition coefficient (Wildman–Crippen LogP) is 8.05. The minimum absolute atomic E-state index is 0.0199. The van der Waals surface area contributed by atoms with E-state index < -0.39 is 6.10 Å². The SMILES string of the molecule is OC1CCCC(c2nccnc2Oc2ccc(Nc3cccc(-[n+]4ccnc(Oc5ccc(Nc6ccccn6)cc5)c4C4CCCC(O)C4)n3)cc2)C1. The van der Waals surface area contributed by atoms with Crippen molar-refractivity contribution in [1.82, 2.24) is 24.9 Å². The van der Waals surface area contributed by atoms with E-state index in [-0.39, 0.29) is 17.9 Å². The van der Waals surface area contributed by atoms with Crippen molar-refractivity contribution >= 4 is 23.0 Å². The number of nitrogens with one attached hydrogen (secondary N) is 2. The van der Waals surface area contributed by atoms with Crippen molar-refractivity contribution in [2.24, 2.45) is 0 Å². The molecule has 4 heterocycles. The fraction of sp³-hybridized carbons (Fsp3) is 0.286. The van der Waals surface area contributed by atoms with E-state index in [9.17, 15) is 10.2 Å². The number of aliphatic hydroxyl groups is 2. The van der Waals surface area contributed by atoms with Crippen LogP contribution >= 0.6 is 0 Å². The molecule has 12 heteroatoms. The van der Waals surface area contributed by atoms with Gasteiger partial charge in [-0.05, 0) is 110 Å². The van der Waals surface area contributed by atoms with Crippen LogP contribution in [0.25, 0.3) is 5.82 Å². The maximum Gasteiger partial charge on any atom is 0.330 e. The third-order valence-corrected chi connectivity index (χ3v) is 9.97. The first-order valence-corrected chi connectivity index (χ1v) is 18.6. The standard InChI is InChI=1S/C42H43N8O4/c51-32-8-3-6-28(26-32)39-41(45-23-22-44-39)53-34-17-15-31(16-18-34)48-37-11-5-12-38(49-37)50-25-24-46-42(40(50)29-7-4-9-33(52)27-29)54-35-19-13-30(14-20-35)47-36-10-1-2-21-43-36/h1-2,5,10-25,28-29,32-33,51-52H,3-4,6-9,26-27H2,(H,43,47)(H,48,49)/q+1. The van der Waals surface area contributed by atoms with Crippen LogP contribution in [0.5, 0.6) is 23.3 Å². The monoisotopic (exact) mass is 723 g/mol. The lowest BCUT2D eigenvalue weighted by atomic mass is 9.85. The molecule has 2 aliphatic rings. The summed E-state index contributed by atoms with van der Waals surface area (Å²) in [4.78, 5) is 23.1. The van der Waals surface area contributed by atoms with E-state index in [2.05, 4.69) is 30.6 Å². The Morgan fingerprint density at radius 3 is 1.91 bits per heavy atom. The third-order valence-electron chi connectivity index (χ3n) is 9.97. The van der Waals surface area contributed by atoms with Gasteiger partial charge in [-0.2, -0.15) is 4.57 Å². The topological polar surface area (TPSA) is 151 Å². The summed E-state index contributed by atoms with van der Waals surface area (Å²) in [6.07, 6.45) is 14.6. The molecular weight excluding hydrogens is 681 g/mol. The summed E-state index contributed by atoms with van der Waals surface area (Å²) in [5.41, 5.74) is 3.38. The van der Waals surface area contributed by atoms with Crippen molar-refractivity contribution in [3.8, 4) is 29.1 Å². The van der Waals surface area contributed by atoms with Gasteiger partial charge in [-0.15, -0.1) is 0 Å². The molecule has 2 saturated carbocycles. The number of hydrogen-bond donors (Lipinski definition) is 4. The van der Waals surface area contributed by atoms with E-state index in [1.807, 2.05) is 95.7 Å². The highest BCUT2D eigenvalue weighted by atomic mass is 16.5. The first-order chi connectivity index (χ1) is 26.5. The lowest BCUT2D eigenvalue weighted by molar-refractivity contribution is -0.611. The lowest BCUT2D eigenvalue weighted by Gasteiger charge is -2.26. The van der Waals surface area contributed by atoms with Gasteiger partial charge in [0.2, 0.25) is 11.7 Å². The molecule has 8 rings (SSSR count). The number of benzene rings is 2. The summed E-state index contributed by atoms with van der Waals surface area (Å²) in [6.45, 7) is 0. The number of ether oxygens (including phenoxy) is 2. The number of aromatic nitrogens is 6. The minimum Gasteiger partial charge on any atom is -0.437 e. The molecule has 0 aliphatic heterocycles. The minimum atomic E-state index is -0.393. The van der Waals surface area contributed by atoms with E-state index in [1.54, 1.807) is 24.8 Å². The number of pyridine rings is 2. The average molecular weight is 724 g/mol. The van der Waals surface area contributed by atoms with E-state index in [4.69, 9.17) is 14.5 Å². The predicted molar refractivity (Wildman–Crippen MR) is 204 cm³/mol. The molecule has 2 aromatic carbocycles. The van der Waals surface area contributed by atoms with Crippen molar-refractivity contribution in [3.05, 3.63) is 127 Å². The normalized spacial score (nSPS) is 19.8. The van der Waals surface area contributed by atoms with Gasteiger partial charge < -0.3 is 30.3 Å². The molecule has 0 bridgehead atoms. The Morgan fingerprint density at radius 1 is 0.574 bits per heavy atom. The average Bonchev–Trinajstić information content (AvgIpc) is 3.20. The number of aliphatic hydroxyl groups excluding tert-OH is 2. The Kier molecular flexibility index (Phi) is 10.6. The Morgan fingerprint density at radius 2 is 1.20 bits per heavy atom. The Bertz CT molecular complexity index is 2150. The summed E-state index contributed by atoms with van der Waals surface area (Å²) in [6, 6.07) is 26.9. The number of hydrogen-bond acceptors (Lipinski definition) is 11. The molecule has 0 saturated heterocycles. The van der Waals surface area contributed by atoms with Gasteiger partial charge >= 0.3 is 5.82 Å². The summed E-state index contributed by atoms with van der Waals surface area (Å²) in [7, 11) is 0. The molecule has 12 nitrogen and oxygen atoms in total. The van der Waals surface area contributed by atoms with Gasteiger partial charge in [0, 0.05) is 53.9 Å². The first kappa shape index (κ1) is 35.1. The molecule has 4 aromatic heterocycles. The number of rotatable bonds is 11. The zero-order valence-corrected chi connectivity index (χ0v) is 29.8. The smallest absolute Gasteiger partial charge is 0.330 e. The zero-order valence-electron chi connectivity index (χ0n) is 29.8. The maximum absolute atomic E-state index is 10.7. The van der Waals surface area contributed by atoms with Gasteiger partial charge in [0.25, 0.3) is 5.88 Å². The molecule has 4 atom stereocenters. The van der Waals surface area contributed by atoms with Gasteiger partial charge in [-0.3, -0.25) is 4.98 Å². The van der Waals surface area contributed by atoms with Crippen LogP contribution in [0.2, 0.25) is 0 Å². The van der Waals surface area contributed by atoms with Crippen LogP contribution < -0.4 is 24.7 Å². The second kappa shape index (κ2) is 16.4. The van der Waals surface area contributed by atoms with Crippen LogP contribution in [0.1, 0.15) is 74.6 Å². The lowest BCUT2D eigenvalue weighted by Crippen LogP contribution is -2.40. The fourth-order valence-corrected chi connectivity index (χ4v) is 7.38. The van der Waals surface area contributed by atoms with E-state index in [0.717, 1.165) is 67.1 Å². The fourth-order valence-electron chi connectivity index (χ4n) is 7.38. The largest absolute Gasteiger partial charge is 0.437 e. The Labute approximate surface area is 314 Å².